The average molecular weight is 295 g/mol. The Labute approximate surface area is 123 Å². The van der Waals surface area contributed by atoms with Crippen LogP contribution >= 0.6 is 0 Å². The molecule has 6 heteroatoms. The molecule has 0 unspecified atom stereocenters. The van der Waals surface area contributed by atoms with Crippen LogP contribution in [0.5, 0.6) is 11.5 Å². The number of carbonyl (C=O) groups is 1. The molecule has 0 radical (unpaired) electrons. The molecule has 0 aliphatic rings. The summed E-state index contributed by atoms with van der Waals surface area (Å²) in [4.78, 5) is 14.2. The van der Waals surface area contributed by atoms with Gasteiger partial charge in [0.2, 0.25) is 6.20 Å². The second-order valence-electron chi connectivity index (χ2n) is 3.71. The normalized spacial score (nSPS) is 9.25. The summed E-state index contributed by atoms with van der Waals surface area (Å²) in [6.45, 7) is 2.10. The first-order valence-electron chi connectivity index (χ1n) is 5.96. The molecule has 2 rings (SSSR count). The van der Waals surface area contributed by atoms with E-state index >= 15 is 0 Å². The number of benzene rings is 1. The van der Waals surface area contributed by atoms with E-state index in [0.717, 1.165) is 0 Å². The number of aromatic amines is 1. The first-order valence-corrected chi connectivity index (χ1v) is 5.96. The van der Waals surface area contributed by atoms with Crippen LogP contribution < -0.4 is 27.4 Å². The van der Waals surface area contributed by atoms with E-state index in [1.165, 1.54) is 0 Å². The lowest BCUT2D eigenvalue weighted by atomic mass is 10.3. The number of hydrogen-bond donors (Lipinski definition) is 1. The van der Waals surface area contributed by atoms with Crippen molar-refractivity contribution < 1.29 is 31.7 Å². The lowest BCUT2D eigenvalue weighted by Gasteiger charge is -2.06. The summed E-state index contributed by atoms with van der Waals surface area (Å²) in [7, 11) is 0. The van der Waals surface area contributed by atoms with E-state index in [0.29, 0.717) is 23.8 Å². The number of hydrogen-bond acceptors (Lipinski definition) is 3. The number of ether oxygens (including phenoxy) is 2. The lowest BCUT2D eigenvalue weighted by Crippen LogP contribution is -3.00. The zero-order valence-electron chi connectivity index (χ0n) is 10.9. The van der Waals surface area contributed by atoms with Gasteiger partial charge in [0.05, 0.1) is 6.61 Å². The number of pyridine rings is 1. The van der Waals surface area contributed by atoms with Crippen molar-refractivity contribution in [3.05, 3.63) is 48.8 Å². The number of H-pyrrole nitrogens is 1. The van der Waals surface area contributed by atoms with Gasteiger partial charge in [-0.15, -0.1) is 0 Å². The molecule has 0 spiro atoms. The maximum atomic E-state index is 11.2. The molecule has 2 aromatic rings. The Morgan fingerprint density at radius 1 is 1.20 bits per heavy atom. The van der Waals surface area contributed by atoms with Crippen LogP contribution in [0, 0.1) is 0 Å². The van der Waals surface area contributed by atoms with Crippen molar-refractivity contribution in [3.8, 4) is 11.5 Å². The second-order valence-corrected chi connectivity index (χ2v) is 3.71. The first-order chi connectivity index (χ1) is 9.28. The summed E-state index contributed by atoms with van der Waals surface area (Å²) >= 11 is 0. The standard InChI is InChI=1S/C14H14N2O3.ClH/c1-2-18-14(17)16-11-5-7-12(8-6-11)19-13-4-3-9-15-10-13;/h3-10H,2H2,1H3,(H,16,17);1H. The van der Waals surface area contributed by atoms with Crippen molar-refractivity contribution in [2.24, 2.45) is 0 Å². The monoisotopic (exact) mass is 294 g/mol. The van der Waals surface area contributed by atoms with Crippen molar-refractivity contribution in [1.29, 1.82) is 0 Å². The molecule has 0 atom stereocenters. The van der Waals surface area contributed by atoms with E-state index in [2.05, 4.69) is 10.3 Å². The molecule has 0 saturated carbocycles. The Kier molecular flexibility index (Phi) is 6.32. The fourth-order valence-electron chi connectivity index (χ4n) is 1.47. The Hall–Kier alpha value is -2.27. The third-order valence-electron chi connectivity index (χ3n) is 2.29. The summed E-state index contributed by atoms with van der Waals surface area (Å²) in [5.41, 5.74) is 0.658. The molecule has 1 aromatic heterocycles. The Balaban J connectivity index is 0.00000200. The topological polar surface area (TPSA) is 61.7 Å². The van der Waals surface area contributed by atoms with Gasteiger partial charge in [-0.25, -0.2) is 9.78 Å². The molecule has 2 N–H and O–H groups in total. The fourth-order valence-corrected chi connectivity index (χ4v) is 1.47. The third-order valence-corrected chi connectivity index (χ3v) is 2.29. The van der Waals surface area contributed by atoms with Gasteiger partial charge in [0.15, 0.2) is 11.9 Å². The summed E-state index contributed by atoms with van der Waals surface area (Å²) in [5.74, 6) is 1.41. The predicted molar refractivity (Wildman–Crippen MR) is 70.2 cm³/mol. The van der Waals surface area contributed by atoms with Gasteiger partial charge in [0, 0.05) is 11.8 Å². The Morgan fingerprint density at radius 2 is 1.95 bits per heavy atom. The molecule has 0 bridgehead atoms. The molecule has 1 heterocycles. The number of rotatable bonds is 4. The van der Waals surface area contributed by atoms with Crippen LogP contribution in [-0.2, 0) is 4.74 Å². The van der Waals surface area contributed by atoms with Crippen LogP contribution in [0.2, 0.25) is 0 Å². The number of aromatic nitrogens is 1. The van der Waals surface area contributed by atoms with Gasteiger partial charge >= 0.3 is 6.09 Å². The molecule has 1 amide bonds. The van der Waals surface area contributed by atoms with Crippen LogP contribution in [-0.4, -0.2) is 12.7 Å². The van der Waals surface area contributed by atoms with E-state index in [-0.39, 0.29) is 12.4 Å². The van der Waals surface area contributed by atoms with Gasteiger partial charge < -0.3 is 21.9 Å². The fraction of sp³-hybridized carbons (Fsp3) is 0.143. The highest BCUT2D eigenvalue weighted by Crippen LogP contribution is 2.21. The third kappa shape index (κ3) is 4.78. The van der Waals surface area contributed by atoms with Gasteiger partial charge in [0.1, 0.15) is 5.75 Å². The van der Waals surface area contributed by atoms with Gasteiger partial charge in [-0.05, 0) is 37.3 Å². The van der Waals surface area contributed by atoms with Crippen molar-refractivity contribution >= 4 is 11.8 Å². The molecule has 0 aliphatic heterocycles. The molecular weight excluding hydrogens is 280 g/mol. The number of halogens is 1. The maximum Gasteiger partial charge on any atom is 0.411 e. The van der Waals surface area contributed by atoms with Crippen LogP contribution in [0.3, 0.4) is 0 Å². The maximum absolute atomic E-state index is 11.2. The van der Waals surface area contributed by atoms with Crippen molar-refractivity contribution in [3.63, 3.8) is 0 Å². The molecule has 20 heavy (non-hydrogen) atoms. The highest BCUT2D eigenvalue weighted by Gasteiger charge is 2.03. The van der Waals surface area contributed by atoms with Gasteiger partial charge in [-0.1, -0.05) is 0 Å². The second kappa shape index (κ2) is 8.01. The quantitative estimate of drug-likeness (QED) is 0.854. The number of anilines is 1. The summed E-state index contributed by atoms with van der Waals surface area (Å²) < 4.78 is 10.4. The van der Waals surface area contributed by atoms with Gasteiger partial charge in [-0.2, -0.15) is 0 Å². The first kappa shape index (κ1) is 15.8. The smallest absolute Gasteiger partial charge is 0.411 e. The largest absolute Gasteiger partial charge is 1.00 e. The van der Waals surface area contributed by atoms with Crippen molar-refractivity contribution in [2.45, 2.75) is 6.92 Å². The Morgan fingerprint density at radius 3 is 2.55 bits per heavy atom. The summed E-state index contributed by atoms with van der Waals surface area (Å²) in [5, 5.41) is 2.61. The highest BCUT2D eigenvalue weighted by atomic mass is 35.5. The molecule has 1 aromatic carbocycles. The van der Waals surface area contributed by atoms with E-state index in [1.807, 2.05) is 12.1 Å². The van der Waals surface area contributed by atoms with E-state index in [4.69, 9.17) is 9.47 Å². The zero-order chi connectivity index (χ0) is 13.5. The van der Waals surface area contributed by atoms with E-state index in [9.17, 15) is 4.79 Å². The zero-order valence-corrected chi connectivity index (χ0v) is 11.7. The van der Waals surface area contributed by atoms with E-state index < -0.39 is 6.09 Å². The summed E-state index contributed by atoms with van der Waals surface area (Å²) in [6.07, 6.45) is 3.10. The van der Waals surface area contributed by atoms with Crippen LogP contribution in [0.25, 0.3) is 0 Å². The molecular formula is C14H15ClN2O3. The molecule has 0 saturated heterocycles. The minimum Gasteiger partial charge on any atom is -1.00 e. The van der Waals surface area contributed by atoms with Crippen molar-refractivity contribution in [2.75, 3.05) is 11.9 Å². The highest BCUT2D eigenvalue weighted by molar-refractivity contribution is 5.84. The molecule has 0 aliphatic carbocycles. The SMILES string of the molecule is CCOC(=O)Nc1ccc(Oc2ccc[nH+]c2)cc1.[Cl-]. The minimum atomic E-state index is -0.464. The number of nitrogens with one attached hydrogen (secondary N) is 2. The van der Waals surface area contributed by atoms with E-state index in [1.54, 1.807) is 43.6 Å². The average Bonchev–Trinajstić information content (AvgIpc) is 2.42. The number of amides is 1. The molecule has 0 fully saturated rings. The summed E-state index contributed by atoms with van der Waals surface area (Å²) in [6, 6.07) is 10.7. The van der Waals surface area contributed by atoms with Crippen molar-refractivity contribution in [1.82, 2.24) is 0 Å². The predicted octanol–water partition coefficient (Wildman–Crippen LogP) is -0.135. The minimum absolute atomic E-state index is 0. The van der Waals surface area contributed by atoms with Gasteiger partial charge in [0.25, 0.3) is 0 Å². The number of carbonyl (C=O) groups excluding carboxylic acids is 1. The van der Waals surface area contributed by atoms with Crippen LogP contribution in [0.1, 0.15) is 6.92 Å². The van der Waals surface area contributed by atoms with Crippen LogP contribution in [0.15, 0.2) is 48.8 Å². The molecule has 106 valence electrons. The molecule has 5 nitrogen and oxygen atoms in total. The van der Waals surface area contributed by atoms with Gasteiger partial charge in [-0.3, -0.25) is 5.32 Å². The van der Waals surface area contributed by atoms with Crippen LogP contribution in [0.4, 0.5) is 10.5 Å². The lowest BCUT2D eigenvalue weighted by molar-refractivity contribution is -0.378. The Bertz CT molecular complexity index is 532.